The molecule has 0 unspecified atom stereocenters. The summed E-state index contributed by atoms with van der Waals surface area (Å²) in [6, 6.07) is 0. The zero-order valence-electron chi connectivity index (χ0n) is 6.09. The minimum atomic E-state index is 0.329. The van der Waals surface area contributed by atoms with Crippen LogP contribution in [0, 0.1) is 0 Å². The summed E-state index contributed by atoms with van der Waals surface area (Å²) in [6.45, 7) is 6.60. The van der Waals surface area contributed by atoms with Crippen LogP contribution in [0.5, 0.6) is 0 Å². The number of alkyl halides is 2. The molecule has 0 aromatic heterocycles. The van der Waals surface area contributed by atoms with Gasteiger partial charge < -0.3 is 0 Å². The fourth-order valence-corrected chi connectivity index (χ4v) is 1.79. The van der Waals surface area contributed by atoms with Gasteiger partial charge in [0.1, 0.15) is 0 Å². The molecule has 0 spiro atoms. The fraction of sp³-hybridized carbons (Fsp3) is 1.00. The number of halogens is 1. The van der Waals surface area contributed by atoms with Crippen molar-refractivity contribution in [3.05, 3.63) is 0 Å². The van der Waals surface area contributed by atoms with Gasteiger partial charge in [-0.05, 0) is 0 Å². The molecular weight excluding hydrogens is 213 g/mol. The van der Waals surface area contributed by atoms with Gasteiger partial charge in [0, 0.05) is 0 Å². The summed E-state index contributed by atoms with van der Waals surface area (Å²) < 4.78 is 1.24. The third-order valence-corrected chi connectivity index (χ3v) is 1.87. The third kappa shape index (κ3) is 6.69. The Morgan fingerprint density at radius 2 is 1.88 bits per heavy atom. The van der Waals surface area contributed by atoms with E-state index in [2.05, 4.69) is 31.0 Å². The summed E-state index contributed by atoms with van der Waals surface area (Å²) in [5, 5.41) is 3.42. The van der Waals surface area contributed by atoms with E-state index >= 15 is 0 Å². The molecule has 0 aromatic rings. The monoisotopic (exact) mass is 228 g/mol. The van der Waals surface area contributed by atoms with Crippen LogP contribution in [-0.2, 0) is 0 Å². The van der Waals surface area contributed by atoms with E-state index in [1.807, 2.05) is 0 Å². The predicted octanol–water partition coefficient (Wildman–Crippen LogP) is -1.95. The number of nitrogens with one attached hydrogen (secondary N) is 1. The number of hydrogen-bond acceptors (Lipinski definition) is 1. The van der Waals surface area contributed by atoms with Gasteiger partial charge in [-0.1, -0.05) is 0 Å². The van der Waals surface area contributed by atoms with E-state index in [0.29, 0.717) is 26.7 Å². The van der Waals surface area contributed by atoms with E-state index in [4.69, 9.17) is 0 Å². The Labute approximate surface area is 62.5 Å². The molecule has 52 valence electrons. The minimum absolute atomic E-state index is 0.329. The molecule has 0 amide bonds. The molecule has 1 nitrogen and oxygen atoms in total. The van der Waals surface area contributed by atoms with Crippen molar-refractivity contribution in [1.82, 2.24) is 5.32 Å². The van der Waals surface area contributed by atoms with Crippen LogP contribution < -0.4 is 26.5 Å². The second-order valence-corrected chi connectivity index (χ2v) is 5.12. The first kappa shape index (κ1) is 8.69. The maximum atomic E-state index is 3.42. The molecule has 1 N–H and O–H groups in total. The first-order valence-electron chi connectivity index (χ1n) is 2.75. The van der Waals surface area contributed by atoms with E-state index in [9.17, 15) is 0 Å². The summed E-state index contributed by atoms with van der Waals surface area (Å²) >= 11 is 0.430. The van der Waals surface area contributed by atoms with Crippen LogP contribution in [-0.4, -0.2) is 15.0 Å². The molecule has 0 rings (SSSR count). The standard InChI is InChI=1S/C6H15IN/c1-6(2,3)8-5-7-4/h8H,5H2,1-4H3/q-1. The van der Waals surface area contributed by atoms with Crippen molar-refractivity contribution in [3.8, 4) is 0 Å². The topological polar surface area (TPSA) is 12.0 Å². The van der Waals surface area contributed by atoms with Gasteiger partial charge in [-0.3, -0.25) is 0 Å². The molecule has 0 aromatic carbocycles. The van der Waals surface area contributed by atoms with Gasteiger partial charge in [-0.15, -0.1) is 0 Å². The van der Waals surface area contributed by atoms with Crippen molar-refractivity contribution >= 4 is 0 Å². The van der Waals surface area contributed by atoms with Gasteiger partial charge in [0.25, 0.3) is 0 Å². The fourth-order valence-electron chi connectivity index (χ4n) is 0.267. The molecule has 0 radical (unpaired) electrons. The van der Waals surface area contributed by atoms with Crippen molar-refractivity contribution in [2.75, 3.05) is 9.48 Å². The Hall–Kier alpha value is 0.690. The van der Waals surface area contributed by atoms with Crippen LogP contribution in [0.25, 0.3) is 0 Å². The van der Waals surface area contributed by atoms with Crippen LogP contribution in [0.4, 0.5) is 0 Å². The summed E-state index contributed by atoms with van der Waals surface area (Å²) in [5.41, 5.74) is 0.329. The average Bonchev–Trinajstić information content (AvgIpc) is 1.59. The average molecular weight is 228 g/mol. The van der Waals surface area contributed by atoms with E-state index in [1.165, 1.54) is 4.55 Å². The summed E-state index contributed by atoms with van der Waals surface area (Å²) in [6.07, 6.45) is 0. The Morgan fingerprint density at radius 3 is 2.00 bits per heavy atom. The quantitative estimate of drug-likeness (QED) is 0.329. The zero-order valence-corrected chi connectivity index (χ0v) is 8.24. The van der Waals surface area contributed by atoms with Crippen molar-refractivity contribution in [1.29, 1.82) is 0 Å². The molecule has 0 heterocycles. The summed E-state index contributed by atoms with van der Waals surface area (Å²) in [4.78, 5) is 2.29. The Morgan fingerprint density at radius 1 is 1.38 bits per heavy atom. The van der Waals surface area contributed by atoms with Gasteiger partial charge in [0.2, 0.25) is 0 Å². The molecule has 2 heteroatoms. The molecule has 0 bridgehead atoms. The maximum absolute atomic E-state index is 3.42. The van der Waals surface area contributed by atoms with Gasteiger partial charge in [0.15, 0.2) is 0 Å². The molecule has 0 atom stereocenters. The normalized spacial score (nSPS) is 12.5. The molecular formula is C6H15IN-. The summed E-state index contributed by atoms with van der Waals surface area (Å²) in [5.74, 6) is 0. The zero-order chi connectivity index (χ0) is 6.62. The van der Waals surface area contributed by atoms with Gasteiger partial charge >= 0.3 is 62.3 Å². The van der Waals surface area contributed by atoms with Crippen LogP contribution in [0.15, 0.2) is 0 Å². The van der Waals surface area contributed by atoms with E-state index < -0.39 is 0 Å². The Bertz CT molecular complexity index is 56.0. The summed E-state index contributed by atoms with van der Waals surface area (Å²) in [7, 11) is 0. The SMILES string of the molecule is C[I-]CNC(C)(C)C. The molecule has 0 aliphatic rings. The Balaban J connectivity index is 3.11. The Kier molecular flexibility index (Phi) is 3.98. The van der Waals surface area contributed by atoms with Crippen LogP contribution in [0.1, 0.15) is 20.8 Å². The molecule has 0 saturated carbocycles. The van der Waals surface area contributed by atoms with Gasteiger partial charge in [-0.25, -0.2) is 0 Å². The second kappa shape index (κ2) is 3.67. The van der Waals surface area contributed by atoms with Crippen LogP contribution in [0.3, 0.4) is 0 Å². The number of hydrogen-bond donors (Lipinski definition) is 1. The molecule has 0 aliphatic carbocycles. The number of rotatable bonds is 2. The van der Waals surface area contributed by atoms with Crippen molar-refractivity contribution < 1.29 is 21.2 Å². The molecule has 0 fully saturated rings. The van der Waals surface area contributed by atoms with Crippen molar-refractivity contribution in [3.63, 3.8) is 0 Å². The van der Waals surface area contributed by atoms with Crippen molar-refractivity contribution in [2.45, 2.75) is 26.3 Å². The molecule has 0 aliphatic heterocycles. The molecule has 0 saturated heterocycles. The molecule has 8 heavy (non-hydrogen) atoms. The van der Waals surface area contributed by atoms with Gasteiger partial charge in [-0.2, -0.15) is 0 Å². The van der Waals surface area contributed by atoms with Crippen LogP contribution in [0.2, 0.25) is 0 Å². The van der Waals surface area contributed by atoms with E-state index in [1.54, 1.807) is 0 Å². The second-order valence-electron chi connectivity index (χ2n) is 2.83. The van der Waals surface area contributed by atoms with Crippen LogP contribution >= 0.6 is 0 Å². The predicted molar refractivity (Wildman–Crippen MR) is 33.7 cm³/mol. The van der Waals surface area contributed by atoms with Gasteiger partial charge in [0.05, 0.1) is 0 Å². The van der Waals surface area contributed by atoms with E-state index in [-0.39, 0.29) is 0 Å². The third-order valence-electron chi connectivity index (χ3n) is 0.731. The first-order valence-corrected chi connectivity index (χ1v) is 6.43. The van der Waals surface area contributed by atoms with E-state index in [0.717, 1.165) is 0 Å². The first-order chi connectivity index (χ1) is 3.56. The van der Waals surface area contributed by atoms with Crippen molar-refractivity contribution in [2.24, 2.45) is 0 Å².